The molecule has 0 aliphatic heterocycles. The summed E-state index contributed by atoms with van der Waals surface area (Å²) in [5, 5.41) is 5.31. The van der Waals surface area contributed by atoms with Crippen LogP contribution in [0.25, 0.3) is 0 Å². The predicted molar refractivity (Wildman–Crippen MR) is 115 cm³/mol. The maximum Gasteiger partial charge on any atom is 0.123 e. The number of para-hydroxylation sites is 1. The van der Waals surface area contributed by atoms with Crippen molar-refractivity contribution in [3.8, 4) is 11.5 Å². The normalized spacial score (nSPS) is 10.8. The second-order valence-electron chi connectivity index (χ2n) is 6.01. The van der Waals surface area contributed by atoms with Gasteiger partial charge in [-0.2, -0.15) is 5.10 Å². The van der Waals surface area contributed by atoms with Crippen LogP contribution in [0.1, 0.15) is 16.7 Å². The molecule has 144 valence electrons. The Morgan fingerprint density at radius 1 is 0.964 bits per heavy atom. The molecule has 0 atom stereocenters. The lowest BCUT2D eigenvalue weighted by atomic mass is 10.2. The fraction of sp³-hybridized carbons (Fsp3) is 0.136. The molecule has 28 heavy (non-hydrogen) atoms. The van der Waals surface area contributed by atoms with Crippen molar-refractivity contribution >= 4 is 29.4 Å². The molecule has 0 spiro atoms. The summed E-state index contributed by atoms with van der Waals surface area (Å²) in [7, 11) is 1.66. The van der Waals surface area contributed by atoms with Crippen molar-refractivity contribution in [3.63, 3.8) is 0 Å². The summed E-state index contributed by atoms with van der Waals surface area (Å²) in [6, 6.07) is 21.0. The average Bonchev–Trinajstić information content (AvgIpc) is 2.73. The Balaban J connectivity index is 1.49. The maximum atomic E-state index is 6.02. The van der Waals surface area contributed by atoms with E-state index in [0.29, 0.717) is 23.2 Å². The molecule has 0 fully saturated rings. The number of nitrogens with one attached hydrogen (secondary N) is 1. The van der Waals surface area contributed by atoms with E-state index in [2.05, 4.69) is 10.5 Å². The zero-order valence-corrected chi connectivity index (χ0v) is 16.9. The Hall–Kier alpha value is -2.69. The van der Waals surface area contributed by atoms with E-state index in [1.54, 1.807) is 25.5 Å². The molecule has 0 aliphatic rings. The van der Waals surface area contributed by atoms with Gasteiger partial charge in [-0.25, -0.2) is 0 Å². The van der Waals surface area contributed by atoms with Crippen LogP contribution in [0.3, 0.4) is 0 Å². The van der Waals surface area contributed by atoms with Gasteiger partial charge in [0.25, 0.3) is 0 Å². The molecule has 0 saturated carbocycles. The molecular formula is C22H20Cl2N2O2. The van der Waals surface area contributed by atoms with E-state index < -0.39 is 0 Å². The van der Waals surface area contributed by atoms with Crippen LogP contribution >= 0.6 is 23.2 Å². The fourth-order valence-electron chi connectivity index (χ4n) is 2.55. The van der Waals surface area contributed by atoms with Gasteiger partial charge < -0.3 is 14.9 Å². The Morgan fingerprint density at radius 3 is 2.50 bits per heavy atom. The van der Waals surface area contributed by atoms with Crippen molar-refractivity contribution in [2.24, 2.45) is 5.10 Å². The Morgan fingerprint density at radius 2 is 1.75 bits per heavy atom. The standard InChI is InChI=1S/C22H20Cl2N2O2/c1-27-22-5-3-2-4-18(22)14-26-25-13-16-6-9-19(10-7-16)28-15-17-8-11-20(23)21(24)12-17/h2-13,26H,14-15H2,1H3/b25-13-. The van der Waals surface area contributed by atoms with Crippen molar-refractivity contribution in [2.45, 2.75) is 13.2 Å². The zero-order chi connectivity index (χ0) is 19.8. The van der Waals surface area contributed by atoms with E-state index in [9.17, 15) is 0 Å². The number of hydrogen-bond donors (Lipinski definition) is 1. The molecule has 0 radical (unpaired) electrons. The lowest BCUT2D eigenvalue weighted by molar-refractivity contribution is 0.306. The smallest absolute Gasteiger partial charge is 0.123 e. The molecule has 4 nitrogen and oxygen atoms in total. The Labute approximate surface area is 174 Å². The first-order valence-electron chi connectivity index (χ1n) is 8.70. The molecule has 0 saturated heterocycles. The van der Waals surface area contributed by atoms with Gasteiger partial charge in [0.1, 0.15) is 18.1 Å². The van der Waals surface area contributed by atoms with Gasteiger partial charge in [-0.15, -0.1) is 0 Å². The van der Waals surface area contributed by atoms with Crippen LogP contribution in [0.15, 0.2) is 71.8 Å². The quantitative estimate of drug-likeness (QED) is 0.379. The molecule has 0 aromatic heterocycles. The van der Waals surface area contributed by atoms with Gasteiger partial charge in [-0.3, -0.25) is 0 Å². The number of nitrogens with zero attached hydrogens (tertiary/aromatic N) is 1. The fourth-order valence-corrected chi connectivity index (χ4v) is 2.87. The summed E-state index contributed by atoms with van der Waals surface area (Å²) in [5.41, 5.74) is 6.01. The van der Waals surface area contributed by atoms with Gasteiger partial charge in [0.05, 0.1) is 29.9 Å². The summed E-state index contributed by atoms with van der Waals surface area (Å²) in [4.78, 5) is 0. The highest BCUT2D eigenvalue weighted by Gasteiger charge is 2.02. The third kappa shape index (κ3) is 5.65. The van der Waals surface area contributed by atoms with E-state index in [1.165, 1.54) is 0 Å². The van der Waals surface area contributed by atoms with Crippen LogP contribution in [0.2, 0.25) is 10.0 Å². The van der Waals surface area contributed by atoms with Crippen LogP contribution in [0, 0.1) is 0 Å². The van der Waals surface area contributed by atoms with Crippen molar-refractivity contribution in [2.75, 3.05) is 7.11 Å². The highest BCUT2D eigenvalue weighted by Crippen LogP contribution is 2.23. The summed E-state index contributed by atoms with van der Waals surface area (Å²) < 4.78 is 11.1. The molecule has 6 heteroatoms. The number of methoxy groups -OCH3 is 1. The molecule has 0 amide bonds. The zero-order valence-electron chi connectivity index (χ0n) is 15.4. The van der Waals surface area contributed by atoms with E-state index >= 15 is 0 Å². The van der Waals surface area contributed by atoms with Crippen molar-refractivity contribution in [1.29, 1.82) is 0 Å². The van der Waals surface area contributed by atoms with E-state index in [1.807, 2.05) is 54.6 Å². The number of rotatable bonds is 8. The van der Waals surface area contributed by atoms with Crippen LogP contribution in [-0.4, -0.2) is 13.3 Å². The number of benzene rings is 3. The highest BCUT2D eigenvalue weighted by atomic mass is 35.5. The topological polar surface area (TPSA) is 42.8 Å². The van der Waals surface area contributed by atoms with Gasteiger partial charge >= 0.3 is 0 Å². The first-order chi connectivity index (χ1) is 13.7. The second-order valence-corrected chi connectivity index (χ2v) is 6.83. The molecule has 3 rings (SSSR count). The van der Waals surface area contributed by atoms with Gasteiger partial charge in [-0.1, -0.05) is 47.5 Å². The Bertz CT molecular complexity index is 944. The van der Waals surface area contributed by atoms with Crippen LogP contribution in [0.5, 0.6) is 11.5 Å². The summed E-state index contributed by atoms with van der Waals surface area (Å²) >= 11 is 11.9. The second kappa shape index (κ2) is 10.0. The predicted octanol–water partition coefficient (Wildman–Crippen LogP) is 5.70. The molecule has 0 aliphatic carbocycles. The monoisotopic (exact) mass is 414 g/mol. The minimum atomic E-state index is 0.421. The lowest BCUT2D eigenvalue weighted by Crippen LogP contribution is -2.06. The lowest BCUT2D eigenvalue weighted by Gasteiger charge is -2.08. The van der Waals surface area contributed by atoms with Gasteiger partial charge in [0, 0.05) is 5.56 Å². The van der Waals surface area contributed by atoms with Gasteiger partial charge in [0.2, 0.25) is 0 Å². The van der Waals surface area contributed by atoms with Crippen molar-refractivity contribution < 1.29 is 9.47 Å². The highest BCUT2D eigenvalue weighted by molar-refractivity contribution is 6.42. The van der Waals surface area contributed by atoms with Gasteiger partial charge in [-0.05, 0) is 53.6 Å². The Kier molecular flexibility index (Phi) is 7.18. The molecule has 0 unspecified atom stereocenters. The average molecular weight is 415 g/mol. The molecule has 3 aromatic rings. The maximum absolute atomic E-state index is 6.02. The molecular weight excluding hydrogens is 395 g/mol. The minimum absolute atomic E-state index is 0.421. The largest absolute Gasteiger partial charge is 0.496 e. The third-order valence-electron chi connectivity index (χ3n) is 4.04. The molecule has 0 bridgehead atoms. The SMILES string of the molecule is COc1ccccc1CN/N=C\c1ccc(OCc2ccc(Cl)c(Cl)c2)cc1. The number of hydrogen-bond acceptors (Lipinski definition) is 4. The van der Waals surface area contributed by atoms with Crippen LogP contribution < -0.4 is 14.9 Å². The van der Waals surface area contributed by atoms with Gasteiger partial charge in [0.15, 0.2) is 0 Å². The van der Waals surface area contributed by atoms with Crippen molar-refractivity contribution in [1.82, 2.24) is 5.43 Å². The number of hydrazone groups is 1. The third-order valence-corrected chi connectivity index (χ3v) is 4.78. The first kappa shape index (κ1) is 20.1. The number of ether oxygens (including phenoxy) is 2. The van der Waals surface area contributed by atoms with Crippen LogP contribution in [0.4, 0.5) is 0 Å². The van der Waals surface area contributed by atoms with Crippen molar-refractivity contribution in [3.05, 3.63) is 93.5 Å². The summed E-state index contributed by atoms with van der Waals surface area (Å²) in [6.45, 7) is 1.01. The molecule has 1 N–H and O–H groups in total. The number of halogens is 2. The molecule has 0 heterocycles. The summed E-state index contributed by atoms with van der Waals surface area (Å²) in [6.07, 6.45) is 1.76. The first-order valence-corrected chi connectivity index (χ1v) is 9.46. The summed E-state index contributed by atoms with van der Waals surface area (Å²) in [5.74, 6) is 1.61. The van der Waals surface area contributed by atoms with E-state index in [-0.39, 0.29) is 0 Å². The van der Waals surface area contributed by atoms with Crippen LogP contribution in [-0.2, 0) is 13.2 Å². The molecule has 3 aromatic carbocycles. The minimum Gasteiger partial charge on any atom is -0.496 e. The van der Waals surface area contributed by atoms with E-state index in [4.69, 9.17) is 32.7 Å². The van der Waals surface area contributed by atoms with E-state index in [0.717, 1.165) is 28.2 Å².